The molecule has 30 heavy (non-hydrogen) atoms. The number of nitriles is 2. The van der Waals surface area contributed by atoms with Gasteiger partial charge >= 0.3 is 0 Å². The van der Waals surface area contributed by atoms with Gasteiger partial charge in [0.2, 0.25) is 0 Å². The van der Waals surface area contributed by atoms with Crippen molar-refractivity contribution >= 4 is 34.5 Å². The number of para-hydroxylation sites is 2. The van der Waals surface area contributed by atoms with Crippen LogP contribution in [-0.2, 0) is 4.79 Å². The Labute approximate surface area is 172 Å². The Kier molecular flexibility index (Phi) is 5.87. The van der Waals surface area contributed by atoms with Crippen LogP contribution in [0.5, 0.6) is 0 Å². The van der Waals surface area contributed by atoms with Crippen molar-refractivity contribution in [3.8, 4) is 12.1 Å². The lowest BCUT2D eigenvalue weighted by Crippen LogP contribution is -2.27. The number of hydrazone groups is 1. The minimum atomic E-state index is -0.642. The van der Waals surface area contributed by atoms with Gasteiger partial charge in [0.15, 0.2) is 5.71 Å². The molecule has 1 aromatic heterocycles. The molecule has 0 fully saturated rings. The number of nitrogens with one attached hydrogen (secondary N) is 2. The highest BCUT2D eigenvalue weighted by atomic mass is 16.2. The Balaban J connectivity index is 2.11. The molecule has 0 spiro atoms. The average Bonchev–Trinajstić information content (AvgIpc) is 2.75. The molecular formula is C21H16N8O. The zero-order chi connectivity index (χ0) is 21.5. The van der Waals surface area contributed by atoms with Crippen LogP contribution in [0.2, 0.25) is 0 Å². The molecular weight excluding hydrogens is 380 g/mol. The number of hydrogen-bond donors (Lipinski definition) is 4. The van der Waals surface area contributed by atoms with E-state index in [1.807, 2.05) is 18.2 Å². The maximum atomic E-state index is 13.0. The quantitative estimate of drug-likeness (QED) is 0.379. The number of nitrogen functional groups attached to an aromatic ring is 2. The fourth-order valence-corrected chi connectivity index (χ4v) is 2.58. The van der Waals surface area contributed by atoms with Crippen molar-refractivity contribution in [2.75, 3.05) is 22.2 Å². The van der Waals surface area contributed by atoms with Gasteiger partial charge in [0.25, 0.3) is 5.91 Å². The number of benzene rings is 2. The number of anilines is 4. The minimum absolute atomic E-state index is 0.130. The maximum Gasteiger partial charge on any atom is 0.278 e. The Hall–Kier alpha value is -4.89. The first-order valence-electron chi connectivity index (χ1n) is 8.69. The fourth-order valence-electron chi connectivity index (χ4n) is 2.58. The number of carbonyl (C=O) groups excluding carboxylic acids is 1. The number of nitrogens with zero attached hydrogens (tertiary/aromatic N) is 4. The molecule has 0 saturated heterocycles. The molecule has 9 nitrogen and oxygen atoms in total. The highest BCUT2D eigenvalue weighted by Crippen LogP contribution is 2.25. The smallest absolute Gasteiger partial charge is 0.278 e. The predicted molar refractivity (Wildman–Crippen MR) is 114 cm³/mol. The SMILES string of the molecule is N#Cc1c(N)nc(/C(=N/Nc2ccccc2)C(=O)Nc2ccccc2)c(C#N)c1N. The van der Waals surface area contributed by atoms with Crippen molar-refractivity contribution in [3.05, 3.63) is 77.5 Å². The first-order chi connectivity index (χ1) is 14.5. The topological polar surface area (TPSA) is 166 Å². The summed E-state index contributed by atoms with van der Waals surface area (Å²) in [6.45, 7) is 0. The molecule has 0 radical (unpaired) electrons. The van der Waals surface area contributed by atoms with Crippen LogP contribution in [0.3, 0.4) is 0 Å². The predicted octanol–water partition coefficient (Wildman–Crippen LogP) is 2.44. The summed E-state index contributed by atoms with van der Waals surface area (Å²) in [6, 6.07) is 21.3. The highest BCUT2D eigenvalue weighted by molar-refractivity contribution is 6.49. The molecule has 6 N–H and O–H groups in total. The minimum Gasteiger partial charge on any atom is -0.396 e. The third kappa shape index (κ3) is 4.16. The maximum absolute atomic E-state index is 13.0. The van der Waals surface area contributed by atoms with Gasteiger partial charge in [0, 0.05) is 5.69 Å². The third-order valence-electron chi connectivity index (χ3n) is 4.03. The van der Waals surface area contributed by atoms with Gasteiger partial charge in [-0.15, -0.1) is 0 Å². The molecule has 0 saturated carbocycles. The molecule has 1 amide bonds. The van der Waals surface area contributed by atoms with E-state index in [0.29, 0.717) is 11.4 Å². The van der Waals surface area contributed by atoms with Crippen molar-refractivity contribution in [2.24, 2.45) is 5.10 Å². The molecule has 0 aliphatic heterocycles. The number of carbonyl (C=O) groups is 1. The van der Waals surface area contributed by atoms with E-state index in [4.69, 9.17) is 11.5 Å². The van der Waals surface area contributed by atoms with Gasteiger partial charge in [-0.2, -0.15) is 15.6 Å². The third-order valence-corrected chi connectivity index (χ3v) is 4.03. The van der Waals surface area contributed by atoms with Crippen LogP contribution >= 0.6 is 0 Å². The van der Waals surface area contributed by atoms with E-state index in [9.17, 15) is 15.3 Å². The first-order valence-corrected chi connectivity index (χ1v) is 8.69. The van der Waals surface area contributed by atoms with Crippen LogP contribution in [0.1, 0.15) is 16.8 Å². The van der Waals surface area contributed by atoms with E-state index in [1.165, 1.54) is 0 Å². The van der Waals surface area contributed by atoms with Gasteiger partial charge in [-0.05, 0) is 24.3 Å². The largest absolute Gasteiger partial charge is 0.396 e. The second kappa shape index (κ2) is 8.87. The highest BCUT2D eigenvalue weighted by Gasteiger charge is 2.25. The first kappa shape index (κ1) is 19.9. The van der Waals surface area contributed by atoms with Crippen LogP contribution in [0.4, 0.5) is 22.9 Å². The van der Waals surface area contributed by atoms with E-state index >= 15 is 0 Å². The lowest BCUT2D eigenvalue weighted by atomic mass is 10.0. The number of amides is 1. The second-order valence-electron chi connectivity index (χ2n) is 5.99. The van der Waals surface area contributed by atoms with Crippen LogP contribution < -0.4 is 22.2 Å². The normalized spacial score (nSPS) is 10.5. The average molecular weight is 396 g/mol. The lowest BCUT2D eigenvalue weighted by Gasteiger charge is -2.13. The summed E-state index contributed by atoms with van der Waals surface area (Å²) in [5.74, 6) is -0.846. The van der Waals surface area contributed by atoms with E-state index in [-0.39, 0.29) is 34.0 Å². The van der Waals surface area contributed by atoms with E-state index in [2.05, 4.69) is 20.8 Å². The molecule has 2 aromatic carbocycles. The van der Waals surface area contributed by atoms with Gasteiger partial charge in [-0.3, -0.25) is 10.2 Å². The summed E-state index contributed by atoms with van der Waals surface area (Å²) in [7, 11) is 0. The Bertz CT molecular complexity index is 1190. The molecule has 146 valence electrons. The van der Waals surface area contributed by atoms with Gasteiger partial charge in [-0.1, -0.05) is 36.4 Å². The molecule has 0 unspecified atom stereocenters. The second-order valence-corrected chi connectivity index (χ2v) is 5.99. The van der Waals surface area contributed by atoms with Crippen LogP contribution in [0.15, 0.2) is 65.8 Å². The summed E-state index contributed by atoms with van der Waals surface area (Å²) >= 11 is 0. The molecule has 0 aliphatic rings. The lowest BCUT2D eigenvalue weighted by molar-refractivity contribution is -0.110. The van der Waals surface area contributed by atoms with Gasteiger partial charge in [-0.25, -0.2) is 4.98 Å². The van der Waals surface area contributed by atoms with Gasteiger partial charge < -0.3 is 16.8 Å². The van der Waals surface area contributed by atoms with Crippen molar-refractivity contribution in [1.29, 1.82) is 10.5 Å². The molecule has 1 heterocycles. The van der Waals surface area contributed by atoms with Crippen molar-refractivity contribution in [2.45, 2.75) is 0 Å². The summed E-state index contributed by atoms with van der Waals surface area (Å²) in [4.78, 5) is 17.1. The zero-order valence-corrected chi connectivity index (χ0v) is 15.6. The zero-order valence-electron chi connectivity index (χ0n) is 15.6. The summed E-state index contributed by atoms with van der Waals surface area (Å²) in [6.07, 6.45) is 0. The van der Waals surface area contributed by atoms with Crippen molar-refractivity contribution in [3.63, 3.8) is 0 Å². The molecule has 0 atom stereocenters. The molecule has 3 rings (SSSR count). The molecule has 0 aliphatic carbocycles. The number of rotatable bonds is 5. The van der Waals surface area contributed by atoms with Crippen LogP contribution in [0, 0.1) is 22.7 Å². The van der Waals surface area contributed by atoms with Crippen LogP contribution in [0.25, 0.3) is 0 Å². The van der Waals surface area contributed by atoms with Gasteiger partial charge in [0.05, 0.1) is 11.4 Å². The summed E-state index contributed by atoms with van der Waals surface area (Å²) in [5.41, 5.74) is 14.8. The van der Waals surface area contributed by atoms with Crippen LogP contribution in [-0.4, -0.2) is 16.6 Å². The fraction of sp³-hybridized carbons (Fsp3) is 0. The van der Waals surface area contributed by atoms with Crippen molar-refractivity contribution in [1.82, 2.24) is 4.98 Å². The summed E-state index contributed by atoms with van der Waals surface area (Å²) < 4.78 is 0. The number of hydrogen-bond acceptors (Lipinski definition) is 8. The van der Waals surface area contributed by atoms with E-state index in [1.54, 1.807) is 54.6 Å². The Morgan fingerprint density at radius 3 is 2.03 bits per heavy atom. The Morgan fingerprint density at radius 2 is 1.47 bits per heavy atom. The van der Waals surface area contributed by atoms with Gasteiger partial charge in [0.1, 0.15) is 34.8 Å². The standard InChI is InChI=1S/C21H16N8O/c22-11-15-17(24)16(12-23)20(25)27-18(15)19(29-28-14-9-5-2-6-10-14)21(30)26-13-7-3-1-4-8-13/h1-10,28H,(H,26,30)(H4,24,25,27)/b29-19-. The molecule has 0 bridgehead atoms. The Morgan fingerprint density at radius 1 is 0.900 bits per heavy atom. The number of nitrogens with two attached hydrogens (primary N) is 2. The number of pyridine rings is 1. The molecule has 9 heteroatoms. The van der Waals surface area contributed by atoms with E-state index < -0.39 is 5.91 Å². The number of aromatic nitrogens is 1. The summed E-state index contributed by atoms with van der Waals surface area (Å²) in [5, 5.41) is 25.7. The van der Waals surface area contributed by atoms with E-state index in [0.717, 1.165) is 0 Å². The van der Waals surface area contributed by atoms with Crippen molar-refractivity contribution < 1.29 is 4.79 Å². The monoisotopic (exact) mass is 396 g/mol. The molecule has 3 aromatic rings.